The molecule has 1 N–H and O–H groups in total. The number of likely N-dealkylation sites (tertiary alicyclic amines) is 1. The summed E-state index contributed by atoms with van der Waals surface area (Å²) < 4.78 is 38.5. The molecule has 0 aromatic heterocycles. The molecule has 1 saturated heterocycles. The normalized spacial score (nSPS) is 16.3. The van der Waals surface area contributed by atoms with Gasteiger partial charge in [-0.05, 0) is 36.6 Å². The lowest BCUT2D eigenvalue weighted by molar-refractivity contribution is -0.137. The molecule has 0 saturated carbocycles. The highest BCUT2D eigenvalue weighted by Gasteiger charge is 2.33. The van der Waals surface area contributed by atoms with Crippen molar-refractivity contribution < 1.29 is 22.8 Å². The van der Waals surface area contributed by atoms with Gasteiger partial charge >= 0.3 is 6.18 Å². The van der Waals surface area contributed by atoms with Gasteiger partial charge in [0.2, 0.25) is 11.8 Å². The average molecular weight is 375 g/mol. The Bertz CT molecular complexity index is 681. The molecule has 0 bridgehead atoms. The van der Waals surface area contributed by atoms with Gasteiger partial charge in [0.25, 0.3) is 0 Å². The fourth-order valence-electron chi connectivity index (χ4n) is 2.70. The van der Waals surface area contributed by atoms with Crippen LogP contribution in [0.3, 0.4) is 0 Å². The molecule has 2 amide bonds. The van der Waals surface area contributed by atoms with E-state index in [0.717, 1.165) is 12.1 Å². The minimum Gasteiger partial charge on any atom is -0.359 e. The number of hydrogen-bond donors (Lipinski definition) is 1. The molecule has 1 heterocycles. The minimum atomic E-state index is -4.55. The van der Waals surface area contributed by atoms with Gasteiger partial charge in [-0.1, -0.05) is 17.7 Å². The Balaban J connectivity index is 2.01. The lowest BCUT2D eigenvalue weighted by Gasteiger charge is -2.30. The Labute approximate surface area is 148 Å². The van der Waals surface area contributed by atoms with Crippen LogP contribution < -0.4 is 5.32 Å². The molecule has 1 fully saturated rings. The van der Waals surface area contributed by atoms with Gasteiger partial charge in [0, 0.05) is 32.1 Å². The maximum absolute atomic E-state index is 12.8. The topological polar surface area (TPSA) is 49.4 Å². The van der Waals surface area contributed by atoms with Crippen molar-refractivity contribution in [3.8, 4) is 0 Å². The molecule has 4 nitrogen and oxygen atoms in total. The number of alkyl halides is 3. The third kappa shape index (κ3) is 4.98. The lowest BCUT2D eigenvalue weighted by atomic mass is 9.96. The summed E-state index contributed by atoms with van der Waals surface area (Å²) in [5.41, 5.74) is -0.694. The van der Waals surface area contributed by atoms with Crippen molar-refractivity contribution in [3.63, 3.8) is 0 Å². The van der Waals surface area contributed by atoms with Gasteiger partial charge in [-0.2, -0.15) is 13.2 Å². The van der Waals surface area contributed by atoms with E-state index in [-0.39, 0.29) is 28.3 Å². The number of carbonyl (C=O) groups excluding carboxylic acids is 2. The molecule has 0 atom stereocenters. The van der Waals surface area contributed by atoms with Crippen molar-refractivity contribution in [1.82, 2.24) is 10.2 Å². The second-order valence-corrected chi connectivity index (χ2v) is 6.19. The van der Waals surface area contributed by atoms with Crippen LogP contribution in [0.4, 0.5) is 13.2 Å². The number of halogens is 4. The van der Waals surface area contributed by atoms with E-state index in [4.69, 9.17) is 11.6 Å². The molecule has 1 aliphatic rings. The van der Waals surface area contributed by atoms with Crippen LogP contribution in [0.2, 0.25) is 5.02 Å². The lowest BCUT2D eigenvalue weighted by Crippen LogP contribution is -2.41. The largest absolute Gasteiger partial charge is 0.417 e. The van der Waals surface area contributed by atoms with Crippen LogP contribution in [0.25, 0.3) is 6.08 Å². The van der Waals surface area contributed by atoms with Gasteiger partial charge in [0.05, 0.1) is 10.6 Å². The van der Waals surface area contributed by atoms with Crippen molar-refractivity contribution in [1.29, 1.82) is 0 Å². The van der Waals surface area contributed by atoms with Crippen LogP contribution >= 0.6 is 11.6 Å². The van der Waals surface area contributed by atoms with Gasteiger partial charge in [-0.3, -0.25) is 9.59 Å². The monoisotopic (exact) mass is 374 g/mol. The predicted octanol–water partition coefficient (Wildman–Crippen LogP) is 3.36. The average Bonchev–Trinajstić information content (AvgIpc) is 2.59. The number of nitrogens with zero attached hydrogens (tertiary/aromatic N) is 1. The number of benzene rings is 1. The number of amides is 2. The molecule has 1 aromatic rings. The van der Waals surface area contributed by atoms with Crippen LogP contribution in [-0.2, 0) is 15.8 Å². The van der Waals surface area contributed by atoms with Crippen LogP contribution in [0.5, 0.6) is 0 Å². The smallest absolute Gasteiger partial charge is 0.359 e. The van der Waals surface area contributed by atoms with Crippen molar-refractivity contribution >= 4 is 29.5 Å². The highest BCUT2D eigenvalue weighted by Crippen LogP contribution is 2.35. The number of rotatable bonds is 3. The van der Waals surface area contributed by atoms with Crippen molar-refractivity contribution in [2.75, 3.05) is 20.1 Å². The summed E-state index contributed by atoms with van der Waals surface area (Å²) in [5, 5.41) is 2.21. The van der Waals surface area contributed by atoms with E-state index in [2.05, 4.69) is 5.32 Å². The van der Waals surface area contributed by atoms with Gasteiger partial charge in [-0.15, -0.1) is 0 Å². The summed E-state index contributed by atoms with van der Waals surface area (Å²) in [6.07, 6.45) is -0.841. The SMILES string of the molecule is CNC(=O)C1CCN(C(=O)C=Cc2ccc(Cl)c(C(F)(F)F)c2)CC1. The van der Waals surface area contributed by atoms with Gasteiger partial charge in [-0.25, -0.2) is 0 Å². The first-order chi connectivity index (χ1) is 11.7. The molecule has 8 heteroatoms. The summed E-state index contributed by atoms with van der Waals surface area (Å²) in [5.74, 6) is -0.439. The van der Waals surface area contributed by atoms with E-state index in [1.807, 2.05) is 0 Å². The maximum Gasteiger partial charge on any atom is 0.417 e. The first-order valence-corrected chi connectivity index (χ1v) is 8.15. The molecule has 1 aromatic carbocycles. The highest BCUT2D eigenvalue weighted by atomic mass is 35.5. The van der Waals surface area contributed by atoms with E-state index in [1.165, 1.54) is 18.2 Å². The molecule has 2 rings (SSSR count). The maximum atomic E-state index is 12.8. The summed E-state index contributed by atoms with van der Waals surface area (Å²) in [7, 11) is 1.57. The fourth-order valence-corrected chi connectivity index (χ4v) is 2.93. The minimum absolute atomic E-state index is 0.0384. The Morgan fingerprint density at radius 1 is 1.28 bits per heavy atom. The van der Waals surface area contributed by atoms with Crippen LogP contribution in [0.15, 0.2) is 24.3 Å². The molecule has 0 aliphatic carbocycles. The number of piperidine rings is 1. The zero-order valence-corrected chi connectivity index (χ0v) is 14.3. The van der Waals surface area contributed by atoms with E-state index < -0.39 is 11.7 Å². The zero-order valence-electron chi connectivity index (χ0n) is 13.6. The fraction of sp³-hybridized carbons (Fsp3) is 0.412. The van der Waals surface area contributed by atoms with Crippen LogP contribution in [0, 0.1) is 5.92 Å². The third-order valence-corrected chi connectivity index (χ3v) is 4.47. The Hall–Kier alpha value is -2.02. The van der Waals surface area contributed by atoms with E-state index in [0.29, 0.717) is 25.9 Å². The van der Waals surface area contributed by atoms with E-state index >= 15 is 0 Å². The molecule has 0 spiro atoms. The summed E-state index contributed by atoms with van der Waals surface area (Å²) in [6, 6.07) is 3.48. The third-order valence-electron chi connectivity index (χ3n) is 4.14. The zero-order chi connectivity index (χ0) is 18.6. The van der Waals surface area contributed by atoms with Crippen molar-refractivity contribution in [3.05, 3.63) is 40.4 Å². The number of hydrogen-bond acceptors (Lipinski definition) is 2. The highest BCUT2D eigenvalue weighted by molar-refractivity contribution is 6.31. The summed E-state index contributed by atoms with van der Waals surface area (Å²) in [4.78, 5) is 25.3. The van der Waals surface area contributed by atoms with Gasteiger partial charge in [0.15, 0.2) is 0 Å². The standard InChI is InChI=1S/C17H18ClF3N2O2/c1-22-16(25)12-6-8-23(9-7-12)15(24)5-3-11-2-4-14(18)13(10-11)17(19,20)21/h2-5,10,12H,6-9H2,1H3,(H,22,25). The second kappa shape index (κ2) is 7.91. The van der Waals surface area contributed by atoms with Crippen LogP contribution in [-0.4, -0.2) is 36.9 Å². The first-order valence-electron chi connectivity index (χ1n) is 7.77. The Morgan fingerprint density at radius 3 is 2.48 bits per heavy atom. The molecular weight excluding hydrogens is 357 g/mol. The van der Waals surface area contributed by atoms with Crippen LogP contribution in [0.1, 0.15) is 24.0 Å². The molecule has 136 valence electrons. The van der Waals surface area contributed by atoms with Gasteiger partial charge < -0.3 is 10.2 Å². The van der Waals surface area contributed by atoms with E-state index in [9.17, 15) is 22.8 Å². The summed E-state index contributed by atoms with van der Waals surface area (Å²) >= 11 is 5.56. The molecule has 25 heavy (non-hydrogen) atoms. The number of carbonyl (C=O) groups is 2. The Morgan fingerprint density at radius 2 is 1.92 bits per heavy atom. The summed E-state index contributed by atoms with van der Waals surface area (Å²) in [6.45, 7) is 0.880. The predicted molar refractivity (Wildman–Crippen MR) is 88.9 cm³/mol. The quantitative estimate of drug-likeness (QED) is 0.825. The second-order valence-electron chi connectivity index (χ2n) is 5.78. The van der Waals surface area contributed by atoms with E-state index in [1.54, 1.807) is 11.9 Å². The van der Waals surface area contributed by atoms with Crippen molar-refractivity contribution in [2.45, 2.75) is 19.0 Å². The first kappa shape index (κ1) is 19.3. The van der Waals surface area contributed by atoms with Crippen molar-refractivity contribution in [2.24, 2.45) is 5.92 Å². The van der Waals surface area contributed by atoms with Gasteiger partial charge in [0.1, 0.15) is 0 Å². The Kier molecular flexibility index (Phi) is 6.11. The molecule has 0 radical (unpaired) electrons. The number of nitrogens with one attached hydrogen (secondary N) is 1. The molecule has 1 aliphatic heterocycles. The molecular formula is C17H18ClF3N2O2. The molecule has 0 unspecified atom stereocenters.